The Labute approximate surface area is 112 Å². The lowest BCUT2D eigenvalue weighted by Crippen LogP contribution is -2.26. The third-order valence-corrected chi connectivity index (χ3v) is 4.19. The number of aliphatic hydroxyl groups is 1. The Morgan fingerprint density at radius 3 is 2.68 bits per heavy atom. The molecule has 0 spiro atoms. The van der Waals surface area contributed by atoms with Crippen molar-refractivity contribution in [2.45, 2.75) is 50.5 Å². The second-order valence-electron chi connectivity index (χ2n) is 5.47. The van der Waals surface area contributed by atoms with Crippen LogP contribution in [0, 0.1) is 10.1 Å². The summed E-state index contributed by atoms with van der Waals surface area (Å²) < 4.78 is 2.04. The molecule has 6 nitrogen and oxygen atoms in total. The van der Waals surface area contributed by atoms with Gasteiger partial charge < -0.3 is 9.67 Å². The molecule has 0 bridgehead atoms. The van der Waals surface area contributed by atoms with Crippen LogP contribution in [0.2, 0.25) is 0 Å². The van der Waals surface area contributed by atoms with Crippen molar-refractivity contribution in [2.75, 3.05) is 6.61 Å². The Morgan fingerprint density at radius 1 is 1.53 bits per heavy atom. The molecule has 0 aromatic carbocycles. The van der Waals surface area contributed by atoms with Gasteiger partial charge in [-0.05, 0) is 12.8 Å². The van der Waals surface area contributed by atoms with Gasteiger partial charge in [0.15, 0.2) is 0 Å². The van der Waals surface area contributed by atoms with E-state index in [0.29, 0.717) is 18.8 Å². The lowest BCUT2D eigenvalue weighted by Gasteiger charge is -2.24. The lowest BCUT2D eigenvalue weighted by atomic mass is 9.84. The largest absolute Gasteiger partial charge is 0.396 e. The molecule has 1 heterocycles. The van der Waals surface area contributed by atoms with E-state index in [1.165, 1.54) is 0 Å². The molecule has 0 unspecified atom stereocenters. The summed E-state index contributed by atoms with van der Waals surface area (Å²) in [5.41, 5.74) is 1.14. The van der Waals surface area contributed by atoms with Crippen LogP contribution in [0.4, 0.5) is 0 Å². The van der Waals surface area contributed by atoms with E-state index in [9.17, 15) is 15.2 Å². The van der Waals surface area contributed by atoms with Gasteiger partial charge in [-0.3, -0.25) is 10.1 Å². The van der Waals surface area contributed by atoms with Gasteiger partial charge >= 0.3 is 0 Å². The summed E-state index contributed by atoms with van der Waals surface area (Å²) in [5.74, 6) is 1.26. The molecule has 19 heavy (non-hydrogen) atoms. The molecule has 106 valence electrons. The molecule has 0 radical (unpaired) electrons. The van der Waals surface area contributed by atoms with Crippen molar-refractivity contribution >= 4 is 0 Å². The molecule has 1 aromatic rings. The maximum absolute atomic E-state index is 10.8. The standard InChI is InChI=1S/C13H21N3O3/c1-9(8-17)13-14-7-12(15(13)2)10-3-5-11(6-4-10)16(18)19/h7,9-11,17H,3-6,8H2,1-2H3/t9-,10?,11?/m0/s1. The van der Waals surface area contributed by atoms with Crippen LogP contribution in [0.3, 0.4) is 0 Å². The molecule has 0 aliphatic heterocycles. The van der Waals surface area contributed by atoms with Crippen molar-refractivity contribution in [1.82, 2.24) is 9.55 Å². The van der Waals surface area contributed by atoms with Crippen molar-refractivity contribution in [3.8, 4) is 0 Å². The highest BCUT2D eigenvalue weighted by Crippen LogP contribution is 2.34. The highest BCUT2D eigenvalue weighted by atomic mass is 16.6. The van der Waals surface area contributed by atoms with E-state index < -0.39 is 0 Å². The van der Waals surface area contributed by atoms with Gasteiger partial charge in [0.1, 0.15) is 5.82 Å². The molecule has 1 aromatic heterocycles. The normalized spacial score (nSPS) is 25.2. The summed E-state index contributed by atoms with van der Waals surface area (Å²) >= 11 is 0. The molecular weight excluding hydrogens is 246 g/mol. The highest BCUT2D eigenvalue weighted by molar-refractivity contribution is 5.14. The van der Waals surface area contributed by atoms with Gasteiger partial charge in [0.05, 0.1) is 6.61 Å². The van der Waals surface area contributed by atoms with Crippen LogP contribution in [0.5, 0.6) is 0 Å². The fourth-order valence-electron chi connectivity index (χ4n) is 2.94. The second kappa shape index (κ2) is 5.69. The molecule has 1 saturated carbocycles. The van der Waals surface area contributed by atoms with Crippen molar-refractivity contribution in [3.63, 3.8) is 0 Å². The summed E-state index contributed by atoms with van der Waals surface area (Å²) in [6.07, 6.45) is 4.84. The first-order valence-electron chi connectivity index (χ1n) is 6.80. The molecule has 1 aliphatic rings. The van der Waals surface area contributed by atoms with Gasteiger partial charge in [-0.15, -0.1) is 0 Å². The second-order valence-corrected chi connectivity index (χ2v) is 5.47. The van der Waals surface area contributed by atoms with Crippen molar-refractivity contribution in [3.05, 3.63) is 27.8 Å². The summed E-state index contributed by atoms with van der Waals surface area (Å²) in [5, 5.41) is 20.0. The minimum absolute atomic E-state index is 0.0221. The zero-order valence-corrected chi connectivity index (χ0v) is 11.5. The maximum Gasteiger partial charge on any atom is 0.213 e. The third-order valence-electron chi connectivity index (χ3n) is 4.19. The molecular formula is C13H21N3O3. The summed E-state index contributed by atoms with van der Waals surface area (Å²) in [6, 6.07) is -0.375. The predicted octanol–water partition coefficient (Wildman–Crippen LogP) is 1.82. The van der Waals surface area contributed by atoms with Gasteiger partial charge in [0, 0.05) is 48.5 Å². The quantitative estimate of drug-likeness (QED) is 0.666. The first-order valence-corrected chi connectivity index (χ1v) is 6.80. The van der Waals surface area contributed by atoms with Gasteiger partial charge in [-0.1, -0.05) is 6.92 Å². The number of hydrogen-bond donors (Lipinski definition) is 1. The van der Waals surface area contributed by atoms with Crippen molar-refractivity contribution < 1.29 is 10.0 Å². The van der Waals surface area contributed by atoms with Crippen LogP contribution in [-0.2, 0) is 7.05 Å². The van der Waals surface area contributed by atoms with E-state index in [1.807, 2.05) is 24.7 Å². The minimum Gasteiger partial charge on any atom is -0.396 e. The topological polar surface area (TPSA) is 81.2 Å². The van der Waals surface area contributed by atoms with Crippen LogP contribution in [-0.4, -0.2) is 32.2 Å². The molecule has 2 rings (SSSR count). The lowest BCUT2D eigenvalue weighted by molar-refractivity contribution is -0.526. The average Bonchev–Trinajstić information content (AvgIpc) is 2.80. The maximum atomic E-state index is 10.8. The zero-order valence-electron chi connectivity index (χ0n) is 11.5. The number of aromatic nitrogens is 2. The number of nitrogens with zero attached hydrogens (tertiary/aromatic N) is 3. The Kier molecular flexibility index (Phi) is 4.19. The molecule has 6 heteroatoms. The number of rotatable bonds is 4. The van der Waals surface area contributed by atoms with E-state index in [-0.39, 0.29) is 23.5 Å². The first-order chi connectivity index (χ1) is 9.04. The van der Waals surface area contributed by atoms with Gasteiger partial charge in [-0.25, -0.2) is 4.98 Å². The fourth-order valence-corrected chi connectivity index (χ4v) is 2.94. The van der Waals surface area contributed by atoms with E-state index in [4.69, 9.17) is 0 Å². The monoisotopic (exact) mass is 267 g/mol. The van der Waals surface area contributed by atoms with E-state index in [2.05, 4.69) is 4.98 Å². The zero-order chi connectivity index (χ0) is 14.0. The van der Waals surface area contributed by atoms with Crippen LogP contribution in [0.15, 0.2) is 6.20 Å². The molecule has 1 N–H and O–H groups in total. The Hall–Kier alpha value is -1.43. The van der Waals surface area contributed by atoms with Crippen LogP contribution >= 0.6 is 0 Å². The number of hydrogen-bond acceptors (Lipinski definition) is 4. The Balaban J connectivity index is 2.08. The van der Waals surface area contributed by atoms with E-state index in [0.717, 1.165) is 24.4 Å². The van der Waals surface area contributed by atoms with E-state index >= 15 is 0 Å². The predicted molar refractivity (Wildman–Crippen MR) is 70.7 cm³/mol. The van der Waals surface area contributed by atoms with Gasteiger partial charge in [0.2, 0.25) is 6.04 Å². The molecule has 1 fully saturated rings. The first kappa shape index (κ1) is 14.0. The summed E-state index contributed by atoms with van der Waals surface area (Å²) in [6.45, 7) is 2.02. The number of nitro groups is 1. The molecule has 0 saturated heterocycles. The minimum atomic E-state index is -0.375. The van der Waals surface area contributed by atoms with Crippen molar-refractivity contribution in [1.29, 1.82) is 0 Å². The SMILES string of the molecule is C[C@@H](CO)c1ncc(C2CCC([N+](=O)[O-])CC2)n1C. The average molecular weight is 267 g/mol. The Bertz CT molecular complexity index is 450. The fraction of sp³-hybridized carbons (Fsp3) is 0.769. The summed E-state index contributed by atoms with van der Waals surface area (Å²) in [4.78, 5) is 15.0. The van der Waals surface area contributed by atoms with Crippen molar-refractivity contribution in [2.24, 2.45) is 7.05 Å². The Morgan fingerprint density at radius 2 is 2.16 bits per heavy atom. The molecule has 1 atom stereocenters. The van der Waals surface area contributed by atoms with Crippen LogP contribution in [0.25, 0.3) is 0 Å². The van der Waals surface area contributed by atoms with E-state index in [1.54, 1.807) is 0 Å². The highest BCUT2D eigenvalue weighted by Gasteiger charge is 2.30. The molecule has 1 aliphatic carbocycles. The van der Waals surface area contributed by atoms with Gasteiger partial charge in [0.25, 0.3) is 0 Å². The van der Waals surface area contributed by atoms with Crippen LogP contribution in [0.1, 0.15) is 56.0 Å². The summed E-state index contributed by atoms with van der Waals surface area (Å²) in [7, 11) is 1.96. The smallest absolute Gasteiger partial charge is 0.213 e. The number of aliphatic hydroxyl groups excluding tert-OH is 1. The van der Waals surface area contributed by atoms with Gasteiger partial charge in [-0.2, -0.15) is 0 Å². The molecule has 0 amide bonds. The van der Waals surface area contributed by atoms with Crippen LogP contribution < -0.4 is 0 Å². The third kappa shape index (κ3) is 2.78. The number of imidazole rings is 1.